The van der Waals surface area contributed by atoms with E-state index >= 15 is 0 Å². The second kappa shape index (κ2) is 4.34. The summed E-state index contributed by atoms with van der Waals surface area (Å²) >= 11 is 0. The van der Waals surface area contributed by atoms with Crippen molar-refractivity contribution in [3.05, 3.63) is 34.9 Å². The fraction of sp³-hybridized carbons (Fsp3) is 0.562. The summed E-state index contributed by atoms with van der Waals surface area (Å²) in [5, 5.41) is 3.62. The summed E-state index contributed by atoms with van der Waals surface area (Å²) in [6.45, 7) is 4.23. The van der Waals surface area contributed by atoms with Gasteiger partial charge >= 0.3 is 0 Å². The van der Waals surface area contributed by atoms with Crippen LogP contribution in [0.1, 0.15) is 48.5 Å². The van der Waals surface area contributed by atoms with Crippen molar-refractivity contribution in [3.63, 3.8) is 0 Å². The quantitative estimate of drug-likeness (QED) is 0.840. The Hall–Kier alpha value is -1.35. The summed E-state index contributed by atoms with van der Waals surface area (Å²) in [5.74, 6) is 0.273. The SMILES string of the molecule is Cc1ccc(C2NC3(CCCC3)C(=O)N2C)c(C)c1. The molecule has 1 aromatic carbocycles. The van der Waals surface area contributed by atoms with E-state index in [2.05, 4.69) is 37.4 Å². The van der Waals surface area contributed by atoms with Crippen LogP contribution < -0.4 is 5.32 Å². The molecule has 3 heteroatoms. The van der Waals surface area contributed by atoms with Crippen LogP contribution in [-0.4, -0.2) is 23.4 Å². The highest BCUT2D eigenvalue weighted by Gasteiger charge is 2.51. The molecule has 1 heterocycles. The van der Waals surface area contributed by atoms with E-state index in [1.807, 2.05) is 11.9 Å². The lowest BCUT2D eigenvalue weighted by Crippen LogP contribution is -2.43. The molecule has 2 aliphatic rings. The number of benzene rings is 1. The summed E-state index contributed by atoms with van der Waals surface area (Å²) in [5.41, 5.74) is 3.47. The summed E-state index contributed by atoms with van der Waals surface area (Å²) in [6.07, 6.45) is 4.32. The molecule has 1 aliphatic carbocycles. The lowest BCUT2D eigenvalue weighted by Gasteiger charge is -2.22. The smallest absolute Gasteiger partial charge is 0.244 e. The number of aryl methyl sites for hydroxylation is 2. The molecular weight excluding hydrogens is 236 g/mol. The Morgan fingerprint density at radius 2 is 1.95 bits per heavy atom. The van der Waals surface area contributed by atoms with Crippen LogP contribution in [0, 0.1) is 13.8 Å². The lowest BCUT2D eigenvalue weighted by atomic mass is 9.98. The minimum Gasteiger partial charge on any atom is -0.324 e. The first-order chi connectivity index (χ1) is 9.03. The summed E-state index contributed by atoms with van der Waals surface area (Å²) in [6, 6.07) is 6.47. The van der Waals surface area contributed by atoms with Crippen molar-refractivity contribution in [2.24, 2.45) is 0 Å². The van der Waals surface area contributed by atoms with E-state index in [9.17, 15) is 4.79 Å². The largest absolute Gasteiger partial charge is 0.324 e. The molecule has 1 amide bonds. The molecule has 3 rings (SSSR count). The monoisotopic (exact) mass is 258 g/mol. The third kappa shape index (κ3) is 1.88. The molecule has 1 atom stereocenters. The van der Waals surface area contributed by atoms with Gasteiger partial charge in [0.25, 0.3) is 0 Å². The van der Waals surface area contributed by atoms with E-state index < -0.39 is 0 Å². The molecule has 3 nitrogen and oxygen atoms in total. The number of carbonyl (C=O) groups excluding carboxylic acids is 1. The van der Waals surface area contributed by atoms with Crippen LogP contribution in [-0.2, 0) is 4.79 Å². The fourth-order valence-electron chi connectivity index (χ4n) is 3.63. The van der Waals surface area contributed by atoms with Gasteiger partial charge in [-0.3, -0.25) is 10.1 Å². The van der Waals surface area contributed by atoms with Crippen LogP contribution in [0.3, 0.4) is 0 Å². The summed E-state index contributed by atoms with van der Waals surface area (Å²) in [7, 11) is 1.92. The Bertz CT molecular complexity index is 517. The highest BCUT2D eigenvalue weighted by atomic mass is 16.2. The van der Waals surface area contributed by atoms with Crippen LogP contribution in [0.15, 0.2) is 18.2 Å². The second-order valence-electron chi connectivity index (χ2n) is 6.11. The molecule has 2 fully saturated rings. The molecule has 0 aromatic heterocycles. The molecule has 1 aliphatic heterocycles. The zero-order chi connectivity index (χ0) is 13.6. The molecule has 0 bridgehead atoms. The van der Waals surface area contributed by atoms with Gasteiger partial charge in [0.15, 0.2) is 0 Å². The van der Waals surface area contributed by atoms with Crippen molar-refractivity contribution < 1.29 is 4.79 Å². The average Bonchev–Trinajstić information content (AvgIpc) is 2.92. The standard InChI is InChI=1S/C16H22N2O/c1-11-6-7-13(12(2)10-11)14-17-16(8-4-5-9-16)15(19)18(14)3/h6-7,10,14,17H,4-5,8-9H2,1-3H3. The average molecular weight is 258 g/mol. The van der Waals surface area contributed by atoms with Gasteiger partial charge in [0, 0.05) is 7.05 Å². The van der Waals surface area contributed by atoms with E-state index in [4.69, 9.17) is 0 Å². The molecule has 1 spiro atoms. The maximum atomic E-state index is 12.6. The summed E-state index contributed by atoms with van der Waals surface area (Å²) < 4.78 is 0. The first kappa shape index (κ1) is 12.7. The van der Waals surface area contributed by atoms with Crippen LogP contribution in [0.5, 0.6) is 0 Å². The summed E-state index contributed by atoms with van der Waals surface area (Å²) in [4.78, 5) is 14.4. The Morgan fingerprint density at radius 3 is 2.58 bits per heavy atom. The molecule has 1 aromatic rings. The van der Waals surface area contributed by atoms with Gasteiger partial charge in [-0.25, -0.2) is 0 Å². The molecule has 102 valence electrons. The maximum absolute atomic E-state index is 12.6. The highest BCUT2D eigenvalue weighted by Crippen LogP contribution is 2.40. The molecule has 1 unspecified atom stereocenters. The molecule has 1 N–H and O–H groups in total. The van der Waals surface area contributed by atoms with Crippen molar-refractivity contribution in [3.8, 4) is 0 Å². The predicted octanol–water partition coefficient (Wildman–Crippen LogP) is 2.68. The number of hydrogen-bond acceptors (Lipinski definition) is 2. The predicted molar refractivity (Wildman–Crippen MR) is 75.8 cm³/mol. The number of amides is 1. The molecular formula is C16H22N2O. The highest BCUT2D eigenvalue weighted by molar-refractivity contribution is 5.89. The number of nitrogens with one attached hydrogen (secondary N) is 1. The third-order valence-electron chi connectivity index (χ3n) is 4.71. The minimum atomic E-state index is -0.281. The van der Waals surface area contributed by atoms with E-state index in [0.29, 0.717) is 0 Å². The Balaban J connectivity index is 1.96. The first-order valence-corrected chi connectivity index (χ1v) is 7.16. The van der Waals surface area contributed by atoms with Crippen LogP contribution >= 0.6 is 0 Å². The number of likely N-dealkylation sites (N-methyl/N-ethyl adjacent to an activating group) is 1. The van der Waals surface area contributed by atoms with Crippen molar-refractivity contribution in [1.82, 2.24) is 10.2 Å². The molecule has 1 saturated heterocycles. The van der Waals surface area contributed by atoms with Gasteiger partial charge in [-0.05, 0) is 37.8 Å². The van der Waals surface area contributed by atoms with Gasteiger partial charge in [0.2, 0.25) is 5.91 Å². The maximum Gasteiger partial charge on any atom is 0.244 e. The Kier molecular flexibility index (Phi) is 2.90. The van der Waals surface area contributed by atoms with Gasteiger partial charge < -0.3 is 4.90 Å². The molecule has 1 saturated carbocycles. The van der Waals surface area contributed by atoms with Gasteiger partial charge in [-0.1, -0.05) is 36.6 Å². The van der Waals surface area contributed by atoms with Gasteiger partial charge in [-0.2, -0.15) is 0 Å². The van der Waals surface area contributed by atoms with Crippen molar-refractivity contribution in [1.29, 1.82) is 0 Å². The van der Waals surface area contributed by atoms with Crippen LogP contribution in [0.4, 0.5) is 0 Å². The number of nitrogens with zero attached hydrogens (tertiary/aromatic N) is 1. The van der Waals surface area contributed by atoms with E-state index in [1.54, 1.807) is 0 Å². The van der Waals surface area contributed by atoms with Crippen molar-refractivity contribution in [2.45, 2.75) is 51.2 Å². The fourth-order valence-corrected chi connectivity index (χ4v) is 3.63. The topological polar surface area (TPSA) is 32.3 Å². The van der Waals surface area contributed by atoms with Crippen molar-refractivity contribution >= 4 is 5.91 Å². The zero-order valence-electron chi connectivity index (χ0n) is 12.0. The van der Waals surface area contributed by atoms with E-state index in [1.165, 1.54) is 16.7 Å². The van der Waals surface area contributed by atoms with Gasteiger partial charge in [0.05, 0.1) is 5.54 Å². The van der Waals surface area contributed by atoms with E-state index in [0.717, 1.165) is 25.7 Å². The van der Waals surface area contributed by atoms with E-state index in [-0.39, 0.29) is 17.6 Å². The van der Waals surface area contributed by atoms with Crippen molar-refractivity contribution in [2.75, 3.05) is 7.05 Å². The number of hydrogen-bond donors (Lipinski definition) is 1. The number of carbonyl (C=O) groups is 1. The second-order valence-corrected chi connectivity index (χ2v) is 6.11. The Morgan fingerprint density at radius 1 is 1.26 bits per heavy atom. The van der Waals surface area contributed by atoms with Crippen LogP contribution in [0.2, 0.25) is 0 Å². The first-order valence-electron chi connectivity index (χ1n) is 7.16. The Labute approximate surface area is 115 Å². The van der Waals surface area contributed by atoms with Gasteiger partial charge in [0.1, 0.15) is 6.17 Å². The number of rotatable bonds is 1. The minimum absolute atomic E-state index is 0.0335. The molecule has 19 heavy (non-hydrogen) atoms. The third-order valence-corrected chi connectivity index (χ3v) is 4.71. The van der Waals surface area contributed by atoms with Crippen LogP contribution in [0.25, 0.3) is 0 Å². The normalized spacial score (nSPS) is 25.5. The lowest BCUT2D eigenvalue weighted by molar-refractivity contribution is -0.132. The van der Waals surface area contributed by atoms with Gasteiger partial charge in [-0.15, -0.1) is 0 Å². The zero-order valence-corrected chi connectivity index (χ0v) is 12.0. The molecule has 0 radical (unpaired) electrons.